The van der Waals surface area contributed by atoms with E-state index >= 15 is 0 Å². The molecule has 0 saturated heterocycles. The van der Waals surface area contributed by atoms with Crippen molar-refractivity contribution in [1.82, 2.24) is 14.8 Å². The van der Waals surface area contributed by atoms with Gasteiger partial charge in [0, 0.05) is 12.6 Å². The van der Waals surface area contributed by atoms with Crippen molar-refractivity contribution in [2.75, 3.05) is 18.1 Å². The van der Waals surface area contributed by atoms with Gasteiger partial charge in [-0.05, 0) is 61.6 Å². The highest BCUT2D eigenvalue weighted by molar-refractivity contribution is 7.99. The van der Waals surface area contributed by atoms with Crippen LogP contribution in [-0.4, -0.2) is 50.9 Å². The fraction of sp³-hybridized carbons (Fsp3) is 0.667. The second kappa shape index (κ2) is 9.99. The van der Waals surface area contributed by atoms with Crippen LogP contribution in [0.3, 0.4) is 0 Å². The van der Waals surface area contributed by atoms with Crippen LogP contribution < -0.4 is 5.32 Å². The molecule has 0 spiro atoms. The standard InChI is InChI=1S/C24H35N3O2S2/c1-3-13-30-14-8-12-27-22(28)20-16-21-19(11-15-31-21)26(20)17-24(27,2)23(29)25-18-9-6-4-5-7-10-18/h11,15-16,18H,3-10,12-14,17H2,1-2H3,(H,25,29)/t24-/m1/s1. The monoisotopic (exact) mass is 461 g/mol. The van der Waals surface area contributed by atoms with E-state index in [4.69, 9.17) is 0 Å². The number of fused-ring (bicyclic) bond motifs is 3. The third kappa shape index (κ3) is 4.68. The largest absolute Gasteiger partial charge is 0.351 e. The molecule has 1 saturated carbocycles. The van der Waals surface area contributed by atoms with E-state index < -0.39 is 5.54 Å². The van der Waals surface area contributed by atoms with Gasteiger partial charge in [-0.15, -0.1) is 11.3 Å². The van der Waals surface area contributed by atoms with E-state index in [1.807, 2.05) is 29.7 Å². The van der Waals surface area contributed by atoms with Gasteiger partial charge in [0.2, 0.25) is 5.91 Å². The third-order valence-electron chi connectivity index (χ3n) is 6.75. The Morgan fingerprint density at radius 2 is 2.03 bits per heavy atom. The lowest BCUT2D eigenvalue weighted by Crippen LogP contribution is -2.65. The predicted molar refractivity (Wildman–Crippen MR) is 131 cm³/mol. The zero-order chi connectivity index (χ0) is 21.8. The Morgan fingerprint density at radius 3 is 2.77 bits per heavy atom. The van der Waals surface area contributed by atoms with Crippen molar-refractivity contribution in [3.8, 4) is 0 Å². The summed E-state index contributed by atoms with van der Waals surface area (Å²) < 4.78 is 3.19. The maximum Gasteiger partial charge on any atom is 0.271 e. The number of hydrogen-bond acceptors (Lipinski definition) is 4. The maximum atomic E-state index is 13.7. The van der Waals surface area contributed by atoms with Gasteiger partial charge in [-0.2, -0.15) is 11.8 Å². The van der Waals surface area contributed by atoms with E-state index in [-0.39, 0.29) is 17.9 Å². The topological polar surface area (TPSA) is 54.3 Å². The lowest BCUT2D eigenvalue weighted by Gasteiger charge is -2.44. The van der Waals surface area contributed by atoms with Crippen molar-refractivity contribution in [3.05, 3.63) is 23.2 Å². The Labute approximate surface area is 193 Å². The molecule has 5 nitrogen and oxygen atoms in total. The number of aromatic nitrogens is 1. The Morgan fingerprint density at radius 1 is 1.26 bits per heavy atom. The van der Waals surface area contributed by atoms with Gasteiger partial charge in [0.1, 0.15) is 11.2 Å². The lowest BCUT2D eigenvalue weighted by atomic mass is 9.93. The van der Waals surface area contributed by atoms with Crippen molar-refractivity contribution < 1.29 is 9.59 Å². The molecule has 2 amide bonds. The molecule has 0 bridgehead atoms. The number of rotatable bonds is 8. The first-order valence-corrected chi connectivity index (χ1v) is 13.9. The molecule has 170 valence electrons. The highest BCUT2D eigenvalue weighted by Gasteiger charge is 2.47. The molecule has 2 aromatic heterocycles. The summed E-state index contributed by atoms with van der Waals surface area (Å²) in [6.07, 6.45) is 9.04. The maximum absolute atomic E-state index is 13.7. The second-order valence-corrected chi connectivity index (χ2v) is 11.3. The van der Waals surface area contributed by atoms with Crippen molar-refractivity contribution in [3.63, 3.8) is 0 Å². The highest BCUT2D eigenvalue weighted by Crippen LogP contribution is 2.35. The smallest absolute Gasteiger partial charge is 0.271 e. The minimum absolute atomic E-state index is 0.00587. The van der Waals surface area contributed by atoms with E-state index in [0.29, 0.717) is 13.1 Å². The van der Waals surface area contributed by atoms with Crippen LogP contribution in [0.2, 0.25) is 0 Å². The Kier molecular flexibility index (Phi) is 7.32. The molecule has 3 heterocycles. The SMILES string of the molecule is CCCSCCCN1C(=O)c2cc3sccc3n2C[C@]1(C)C(=O)NC1CCCCCC1. The first kappa shape index (κ1) is 22.7. The summed E-state index contributed by atoms with van der Waals surface area (Å²) in [5, 5.41) is 5.40. The van der Waals surface area contributed by atoms with Crippen LogP contribution in [0.5, 0.6) is 0 Å². The first-order chi connectivity index (χ1) is 15.0. The zero-order valence-corrected chi connectivity index (χ0v) is 20.5. The number of carbonyl (C=O) groups excluding carboxylic acids is 2. The molecular weight excluding hydrogens is 426 g/mol. The van der Waals surface area contributed by atoms with Crippen molar-refractivity contribution in [1.29, 1.82) is 0 Å². The average molecular weight is 462 g/mol. The van der Waals surface area contributed by atoms with Gasteiger partial charge < -0.3 is 14.8 Å². The first-order valence-electron chi connectivity index (χ1n) is 11.8. The summed E-state index contributed by atoms with van der Waals surface area (Å²) in [6, 6.07) is 4.30. The van der Waals surface area contributed by atoms with Crippen molar-refractivity contribution in [2.24, 2.45) is 0 Å². The zero-order valence-electron chi connectivity index (χ0n) is 18.8. The van der Waals surface area contributed by atoms with Gasteiger partial charge in [0.05, 0.1) is 16.8 Å². The summed E-state index contributed by atoms with van der Waals surface area (Å²) in [5.74, 6) is 2.17. The van der Waals surface area contributed by atoms with E-state index in [1.54, 1.807) is 11.3 Å². The molecule has 1 N–H and O–H groups in total. The Hall–Kier alpha value is -1.47. The molecule has 7 heteroatoms. The highest BCUT2D eigenvalue weighted by atomic mass is 32.2. The van der Waals surface area contributed by atoms with Gasteiger partial charge in [0.15, 0.2) is 0 Å². The number of thioether (sulfide) groups is 1. The van der Waals surface area contributed by atoms with Crippen molar-refractivity contribution >= 4 is 45.1 Å². The number of amides is 2. The number of hydrogen-bond donors (Lipinski definition) is 1. The minimum atomic E-state index is -0.861. The quantitative estimate of drug-likeness (QED) is 0.429. The summed E-state index contributed by atoms with van der Waals surface area (Å²) >= 11 is 3.59. The molecule has 0 radical (unpaired) electrons. The molecule has 1 fully saturated rings. The van der Waals surface area contributed by atoms with Crippen LogP contribution in [0.4, 0.5) is 0 Å². The molecule has 2 aromatic rings. The number of thiophene rings is 1. The van der Waals surface area contributed by atoms with E-state index in [2.05, 4.69) is 28.3 Å². The Bertz CT molecular complexity index is 913. The summed E-state index contributed by atoms with van der Waals surface area (Å²) in [6.45, 7) is 5.31. The molecular formula is C24H35N3O2S2. The third-order valence-corrected chi connectivity index (χ3v) is 8.87. The van der Waals surface area contributed by atoms with Crippen LogP contribution in [0.1, 0.15) is 75.7 Å². The van der Waals surface area contributed by atoms with Gasteiger partial charge in [-0.1, -0.05) is 32.6 Å². The second-order valence-electron chi connectivity index (χ2n) is 9.14. The molecule has 1 aliphatic heterocycles. The molecule has 4 rings (SSSR count). The number of nitrogens with zero attached hydrogens (tertiary/aromatic N) is 2. The minimum Gasteiger partial charge on any atom is -0.351 e. The van der Waals surface area contributed by atoms with Gasteiger partial charge >= 0.3 is 0 Å². The summed E-state index contributed by atoms with van der Waals surface area (Å²) in [5.41, 5.74) is 0.933. The van der Waals surface area contributed by atoms with Gasteiger partial charge in [-0.25, -0.2) is 0 Å². The van der Waals surface area contributed by atoms with Crippen molar-refractivity contribution in [2.45, 2.75) is 83.3 Å². The fourth-order valence-corrected chi connectivity index (χ4v) is 6.61. The normalized spacial score (nSPS) is 22.5. The van der Waals surface area contributed by atoms with E-state index in [0.717, 1.165) is 46.7 Å². The van der Waals surface area contributed by atoms with E-state index in [9.17, 15) is 9.59 Å². The summed E-state index contributed by atoms with van der Waals surface area (Å²) in [4.78, 5) is 29.1. The number of carbonyl (C=O) groups is 2. The fourth-order valence-electron chi connectivity index (χ4n) is 4.96. The molecule has 0 unspecified atom stereocenters. The lowest BCUT2D eigenvalue weighted by molar-refractivity contribution is -0.133. The van der Waals surface area contributed by atoms with Crippen LogP contribution in [0.25, 0.3) is 10.2 Å². The molecule has 0 aromatic carbocycles. The van der Waals surface area contributed by atoms with Crippen LogP contribution >= 0.6 is 23.1 Å². The Balaban J connectivity index is 1.58. The molecule has 1 aliphatic carbocycles. The molecule has 31 heavy (non-hydrogen) atoms. The predicted octanol–water partition coefficient (Wildman–Crippen LogP) is 5.29. The number of nitrogens with one attached hydrogen (secondary N) is 1. The van der Waals surface area contributed by atoms with Gasteiger partial charge in [-0.3, -0.25) is 9.59 Å². The summed E-state index contributed by atoms with van der Waals surface area (Å²) in [7, 11) is 0. The molecule has 1 atom stereocenters. The van der Waals surface area contributed by atoms with E-state index in [1.165, 1.54) is 32.1 Å². The average Bonchev–Trinajstić information content (AvgIpc) is 3.24. The van der Waals surface area contributed by atoms with Gasteiger partial charge in [0.25, 0.3) is 5.91 Å². The van der Waals surface area contributed by atoms with Crippen LogP contribution in [-0.2, 0) is 11.3 Å². The molecule has 2 aliphatic rings. The van der Waals surface area contributed by atoms with Crippen LogP contribution in [0.15, 0.2) is 17.5 Å². The van der Waals surface area contributed by atoms with Crippen LogP contribution in [0, 0.1) is 0 Å².